The van der Waals surface area contributed by atoms with E-state index in [0.717, 1.165) is 0 Å². The van der Waals surface area contributed by atoms with E-state index in [1.54, 1.807) is 0 Å². The van der Waals surface area contributed by atoms with E-state index >= 15 is 0 Å². The summed E-state index contributed by atoms with van der Waals surface area (Å²) in [7, 11) is 0. The molecule has 0 bridgehead atoms. The van der Waals surface area contributed by atoms with Crippen molar-refractivity contribution in [2.45, 2.75) is 26.4 Å². The Balaban J connectivity index is 5.49. The Hall–Kier alpha value is -2.12. The minimum absolute atomic E-state index is 0.0379. The number of hydrogen-bond donors (Lipinski definition) is 0. The molecule has 21 heavy (non-hydrogen) atoms. The fraction of sp³-hybridized carbons (Fsp3) is 0.462. The summed E-state index contributed by atoms with van der Waals surface area (Å²) in [5.74, 6) is -1.85. The first kappa shape index (κ1) is 18.9. The van der Waals surface area contributed by atoms with Gasteiger partial charge in [-0.25, -0.2) is 4.79 Å². The van der Waals surface area contributed by atoms with Crippen molar-refractivity contribution < 1.29 is 32.2 Å². The number of ether oxygens (including phenoxy) is 2. The van der Waals surface area contributed by atoms with E-state index in [2.05, 4.69) is 21.2 Å². The molecule has 0 saturated carbocycles. The van der Waals surface area contributed by atoms with Gasteiger partial charge in [0.1, 0.15) is 0 Å². The van der Waals surface area contributed by atoms with Gasteiger partial charge in [0.05, 0.1) is 25.2 Å². The van der Waals surface area contributed by atoms with E-state index in [1.807, 2.05) is 0 Å². The third-order valence-electron chi connectivity index (χ3n) is 2.07. The summed E-state index contributed by atoms with van der Waals surface area (Å²) in [6.45, 7) is 5.97. The molecule has 0 N–H and O–H groups in total. The number of hydrogen-bond acceptors (Lipinski definition) is 5. The smallest absolute Gasteiger partial charge is 0.417 e. The summed E-state index contributed by atoms with van der Waals surface area (Å²) < 4.78 is 47.4. The number of rotatable bonds is 7. The molecule has 0 atom stereocenters. The number of nitrogens with zero attached hydrogens (tertiary/aromatic N) is 1. The van der Waals surface area contributed by atoms with Crippen LogP contribution in [-0.4, -0.2) is 38.0 Å². The summed E-state index contributed by atoms with van der Waals surface area (Å²) in [4.78, 5) is 26.0. The van der Waals surface area contributed by atoms with Crippen LogP contribution in [0.25, 0.3) is 0 Å². The van der Waals surface area contributed by atoms with E-state index < -0.39 is 35.7 Å². The number of alkyl halides is 3. The van der Waals surface area contributed by atoms with Crippen molar-refractivity contribution in [2.24, 2.45) is 4.99 Å². The molecule has 0 fully saturated rings. The summed E-state index contributed by atoms with van der Waals surface area (Å²) in [5.41, 5.74) is -1.69. The van der Waals surface area contributed by atoms with Gasteiger partial charge in [-0.2, -0.15) is 13.2 Å². The number of carbonyl (C=O) groups is 2. The van der Waals surface area contributed by atoms with Gasteiger partial charge in [0.15, 0.2) is 0 Å². The molecule has 0 saturated heterocycles. The summed E-state index contributed by atoms with van der Waals surface area (Å²) in [6, 6.07) is 0. The van der Waals surface area contributed by atoms with Crippen LogP contribution >= 0.6 is 0 Å². The van der Waals surface area contributed by atoms with Gasteiger partial charge in [0.2, 0.25) is 0 Å². The van der Waals surface area contributed by atoms with Crippen molar-refractivity contribution in [1.29, 1.82) is 0 Å². The van der Waals surface area contributed by atoms with E-state index in [9.17, 15) is 22.8 Å². The third kappa shape index (κ3) is 7.28. The molecule has 0 aliphatic heterocycles. The predicted octanol–water partition coefficient (Wildman–Crippen LogP) is 2.58. The number of esters is 2. The average molecular weight is 307 g/mol. The maximum atomic E-state index is 12.7. The number of aliphatic imine (C=N–C) groups is 1. The lowest BCUT2D eigenvalue weighted by Gasteiger charge is -2.10. The molecule has 0 aromatic rings. The number of allylic oxidation sites excluding steroid dienone is 2. The molecule has 0 heterocycles. The predicted molar refractivity (Wildman–Crippen MR) is 69.7 cm³/mol. The van der Waals surface area contributed by atoms with Gasteiger partial charge in [-0.15, -0.1) is 0 Å². The quantitative estimate of drug-likeness (QED) is 0.314. The van der Waals surface area contributed by atoms with Crippen molar-refractivity contribution in [3.63, 3.8) is 0 Å². The van der Waals surface area contributed by atoms with Crippen LogP contribution in [0.1, 0.15) is 20.3 Å². The number of carbonyl (C=O) groups excluding carboxylic acids is 2. The molecule has 5 nitrogen and oxygen atoms in total. The maximum absolute atomic E-state index is 12.7. The molecule has 0 amide bonds. The topological polar surface area (TPSA) is 65.0 Å². The Morgan fingerprint density at radius 2 is 1.76 bits per heavy atom. The van der Waals surface area contributed by atoms with Crippen LogP contribution in [0.3, 0.4) is 0 Å². The van der Waals surface area contributed by atoms with E-state index in [4.69, 9.17) is 0 Å². The van der Waals surface area contributed by atoms with Gasteiger partial charge in [-0.3, -0.25) is 9.79 Å². The van der Waals surface area contributed by atoms with Crippen molar-refractivity contribution in [1.82, 2.24) is 0 Å². The highest BCUT2D eigenvalue weighted by atomic mass is 19.4. The summed E-state index contributed by atoms with van der Waals surface area (Å²) in [6.07, 6.45) is -4.42. The zero-order valence-corrected chi connectivity index (χ0v) is 11.7. The monoisotopic (exact) mass is 307 g/mol. The molecular weight excluding hydrogens is 291 g/mol. The molecule has 0 rings (SSSR count). The van der Waals surface area contributed by atoms with Crippen LogP contribution in [0.15, 0.2) is 28.4 Å². The lowest BCUT2D eigenvalue weighted by atomic mass is 10.1. The zero-order valence-electron chi connectivity index (χ0n) is 11.7. The van der Waals surface area contributed by atoms with E-state index in [0.29, 0.717) is 12.3 Å². The normalized spacial score (nSPS) is 12.8. The summed E-state index contributed by atoms with van der Waals surface area (Å²) >= 11 is 0. The van der Waals surface area contributed by atoms with Gasteiger partial charge in [-0.1, -0.05) is 0 Å². The van der Waals surface area contributed by atoms with Crippen molar-refractivity contribution in [3.8, 4) is 0 Å². The molecule has 0 aliphatic rings. The Morgan fingerprint density at radius 3 is 2.19 bits per heavy atom. The first-order valence-electron chi connectivity index (χ1n) is 6.02. The largest absolute Gasteiger partial charge is 0.466 e. The highest BCUT2D eigenvalue weighted by Crippen LogP contribution is 2.28. The summed E-state index contributed by atoms with van der Waals surface area (Å²) in [5, 5.41) is 0. The third-order valence-corrected chi connectivity index (χ3v) is 2.07. The van der Waals surface area contributed by atoms with Crippen LogP contribution in [0.5, 0.6) is 0 Å². The maximum Gasteiger partial charge on any atom is 0.417 e. The average Bonchev–Trinajstić information content (AvgIpc) is 2.36. The first-order valence-corrected chi connectivity index (χ1v) is 6.02. The van der Waals surface area contributed by atoms with Crippen LogP contribution in [0.4, 0.5) is 13.2 Å². The number of halogens is 3. The minimum Gasteiger partial charge on any atom is -0.466 e. The van der Waals surface area contributed by atoms with Crippen LogP contribution < -0.4 is 0 Å². The first-order chi connectivity index (χ1) is 9.76. The molecule has 0 aromatic carbocycles. The van der Waals surface area contributed by atoms with E-state index in [1.165, 1.54) is 13.8 Å². The van der Waals surface area contributed by atoms with Crippen molar-refractivity contribution in [3.05, 3.63) is 23.4 Å². The molecular formula is C13H16F3NO4. The fourth-order valence-electron chi connectivity index (χ4n) is 1.25. The highest BCUT2D eigenvalue weighted by molar-refractivity contribution is 5.94. The van der Waals surface area contributed by atoms with Gasteiger partial charge < -0.3 is 9.47 Å². The molecule has 0 radical (unpaired) electrons. The van der Waals surface area contributed by atoms with E-state index in [-0.39, 0.29) is 13.2 Å². The molecule has 0 aromatic heterocycles. The van der Waals surface area contributed by atoms with Gasteiger partial charge in [0.25, 0.3) is 0 Å². The molecule has 0 unspecified atom stereocenters. The second-order valence-electron chi connectivity index (χ2n) is 3.64. The lowest BCUT2D eigenvalue weighted by Crippen LogP contribution is -2.16. The van der Waals surface area contributed by atoms with Gasteiger partial charge >= 0.3 is 18.1 Å². The molecule has 8 heteroatoms. The second-order valence-corrected chi connectivity index (χ2v) is 3.64. The van der Waals surface area contributed by atoms with Crippen LogP contribution in [0.2, 0.25) is 0 Å². The SMILES string of the molecule is C=N/C=C(\C=C(/CC(=O)OCC)C(=O)OCC)C(F)(F)F. The molecule has 118 valence electrons. The second kappa shape index (κ2) is 8.93. The Bertz CT molecular complexity index is 453. The lowest BCUT2D eigenvalue weighted by molar-refractivity contribution is -0.145. The zero-order chi connectivity index (χ0) is 16.5. The standard InChI is InChI=1S/C13H16F3NO4/c1-4-20-11(18)7-9(12(19)21-5-2)6-10(8-17-3)13(14,15)16/h6,8H,3-5,7H2,1-2H3/b9-6+,10-8+. The van der Waals surface area contributed by atoms with Gasteiger partial charge in [0, 0.05) is 11.8 Å². The minimum atomic E-state index is -4.74. The van der Waals surface area contributed by atoms with Gasteiger partial charge in [-0.05, 0) is 26.6 Å². The Morgan fingerprint density at radius 1 is 1.19 bits per heavy atom. The van der Waals surface area contributed by atoms with Crippen molar-refractivity contribution in [2.75, 3.05) is 13.2 Å². The Labute approximate surface area is 120 Å². The van der Waals surface area contributed by atoms with Crippen LogP contribution in [-0.2, 0) is 19.1 Å². The van der Waals surface area contributed by atoms with Crippen LogP contribution in [0, 0.1) is 0 Å². The van der Waals surface area contributed by atoms with Crippen molar-refractivity contribution >= 4 is 18.7 Å². The molecule has 0 spiro atoms. The molecule has 0 aliphatic carbocycles. The highest BCUT2D eigenvalue weighted by Gasteiger charge is 2.33. The fourth-order valence-corrected chi connectivity index (χ4v) is 1.25. The Kier molecular flexibility index (Phi) is 8.03.